The fourth-order valence-corrected chi connectivity index (χ4v) is 3.11. The van der Waals surface area contributed by atoms with Crippen molar-refractivity contribution >= 4 is 5.97 Å². The normalized spacial score (nSPS) is 10.7. The van der Waals surface area contributed by atoms with Gasteiger partial charge in [0.15, 0.2) is 0 Å². The zero-order valence-electron chi connectivity index (χ0n) is 16.7. The molecule has 0 radical (unpaired) electrons. The van der Waals surface area contributed by atoms with Gasteiger partial charge in [0.05, 0.1) is 13.0 Å². The van der Waals surface area contributed by atoms with Crippen molar-refractivity contribution < 1.29 is 14.6 Å². The van der Waals surface area contributed by atoms with Crippen molar-refractivity contribution in [1.82, 2.24) is 5.32 Å². The van der Waals surface area contributed by atoms with Gasteiger partial charge in [-0.25, -0.2) is 0 Å². The highest BCUT2D eigenvalue weighted by Crippen LogP contribution is 2.14. The van der Waals surface area contributed by atoms with Crippen molar-refractivity contribution in [3.8, 4) is 5.75 Å². The molecule has 0 heterocycles. The molecule has 0 aliphatic heterocycles. The zero-order valence-corrected chi connectivity index (χ0v) is 16.7. The van der Waals surface area contributed by atoms with Crippen LogP contribution in [0.25, 0.3) is 0 Å². The van der Waals surface area contributed by atoms with Crippen LogP contribution < -0.4 is 10.1 Å². The molecule has 2 aromatic carbocycles. The summed E-state index contributed by atoms with van der Waals surface area (Å²) in [6.07, 6.45) is 8.13. The molecule has 28 heavy (non-hydrogen) atoms. The van der Waals surface area contributed by atoms with Crippen LogP contribution in [0.15, 0.2) is 54.6 Å². The number of carbonyl (C=O) groups is 1. The molecule has 0 aliphatic rings. The lowest BCUT2D eigenvalue weighted by Crippen LogP contribution is -2.19. The topological polar surface area (TPSA) is 58.6 Å². The molecule has 0 bridgehead atoms. The number of unbranched alkanes of at least 4 members (excludes halogenated alkanes) is 3. The summed E-state index contributed by atoms with van der Waals surface area (Å²) in [7, 11) is 0. The maximum Gasteiger partial charge on any atom is 0.304 e. The van der Waals surface area contributed by atoms with Gasteiger partial charge in [0.1, 0.15) is 5.75 Å². The molecule has 0 saturated heterocycles. The summed E-state index contributed by atoms with van der Waals surface area (Å²) < 4.78 is 5.84. The molecule has 4 nitrogen and oxygen atoms in total. The number of aliphatic carboxylic acids is 1. The minimum atomic E-state index is -0.754. The Morgan fingerprint density at radius 2 is 1.46 bits per heavy atom. The van der Waals surface area contributed by atoms with Crippen LogP contribution >= 0.6 is 0 Å². The molecular weight excluding hydrogens is 350 g/mol. The molecule has 152 valence electrons. The van der Waals surface area contributed by atoms with Crippen LogP contribution in [-0.2, 0) is 17.6 Å². The summed E-state index contributed by atoms with van der Waals surface area (Å²) in [5.41, 5.74) is 2.71. The minimum absolute atomic E-state index is 0.180. The molecule has 2 rings (SSSR count). The first-order valence-corrected chi connectivity index (χ1v) is 10.4. The highest BCUT2D eigenvalue weighted by atomic mass is 16.5. The minimum Gasteiger partial charge on any atom is -0.494 e. The number of nitrogens with one attached hydrogen (secondary N) is 1. The van der Waals surface area contributed by atoms with E-state index in [9.17, 15) is 4.79 Å². The predicted octanol–water partition coefficient (Wildman–Crippen LogP) is 4.87. The summed E-state index contributed by atoms with van der Waals surface area (Å²) in [6, 6.07) is 19.0. The highest BCUT2D eigenvalue weighted by molar-refractivity contribution is 5.66. The van der Waals surface area contributed by atoms with Gasteiger partial charge in [-0.2, -0.15) is 0 Å². The maximum absolute atomic E-state index is 10.4. The lowest BCUT2D eigenvalue weighted by atomic mass is 10.1. The molecule has 0 saturated carbocycles. The van der Waals surface area contributed by atoms with E-state index >= 15 is 0 Å². The Labute approximate surface area is 168 Å². The second-order valence-corrected chi connectivity index (χ2v) is 7.14. The van der Waals surface area contributed by atoms with E-state index in [1.165, 1.54) is 30.4 Å². The quantitative estimate of drug-likeness (QED) is 0.431. The summed E-state index contributed by atoms with van der Waals surface area (Å²) in [5, 5.41) is 11.7. The van der Waals surface area contributed by atoms with E-state index < -0.39 is 5.97 Å². The number of carboxylic acid groups (broad SMARTS) is 1. The Morgan fingerprint density at radius 1 is 0.786 bits per heavy atom. The predicted molar refractivity (Wildman–Crippen MR) is 114 cm³/mol. The first-order valence-electron chi connectivity index (χ1n) is 10.4. The van der Waals surface area contributed by atoms with Gasteiger partial charge < -0.3 is 15.2 Å². The number of benzene rings is 2. The molecule has 2 aromatic rings. The van der Waals surface area contributed by atoms with Crippen molar-refractivity contribution in [2.24, 2.45) is 0 Å². The summed E-state index contributed by atoms with van der Waals surface area (Å²) in [6.45, 7) is 2.16. The van der Waals surface area contributed by atoms with Crippen LogP contribution in [0.5, 0.6) is 5.75 Å². The van der Waals surface area contributed by atoms with E-state index in [-0.39, 0.29) is 6.42 Å². The number of carboxylic acids is 1. The first-order chi connectivity index (χ1) is 13.7. The lowest BCUT2D eigenvalue weighted by Gasteiger charge is -2.08. The van der Waals surface area contributed by atoms with Crippen molar-refractivity contribution in [3.63, 3.8) is 0 Å². The standard InChI is InChI=1S/C24H33NO3/c26-24(27)17-19-25-18-8-12-22-13-15-23(16-14-22)28-20-7-2-1-4-9-21-10-5-3-6-11-21/h3,5-6,10-11,13-16,25H,1-2,4,7-9,12,17-20H2,(H,26,27). The van der Waals surface area contributed by atoms with Gasteiger partial charge >= 0.3 is 5.97 Å². The van der Waals surface area contributed by atoms with Crippen LogP contribution in [0, 0.1) is 0 Å². The van der Waals surface area contributed by atoms with Crippen molar-refractivity contribution in [3.05, 3.63) is 65.7 Å². The Hall–Kier alpha value is -2.33. The largest absolute Gasteiger partial charge is 0.494 e. The van der Waals surface area contributed by atoms with Crippen LogP contribution in [0.2, 0.25) is 0 Å². The molecule has 0 aliphatic carbocycles. The average molecular weight is 384 g/mol. The van der Waals surface area contributed by atoms with Crippen LogP contribution in [0.4, 0.5) is 0 Å². The van der Waals surface area contributed by atoms with Gasteiger partial charge in [0, 0.05) is 6.54 Å². The van der Waals surface area contributed by atoms with E-state index in [0.717, 1.165) is 44.6 Å². The average Bonchev–Trinajstić information content (AvgIpc) is 2.71. The number of aryl methyl sites for hydroxylation is 2. The van der Waals surface area contributed by atoms with E-state index in [2.05, 4.69) is 47.8 Å². The molecular formula is C24H33NO3. The van der Waals surface area contributed by atoms with E-state index in [1.54, 1.807) is 0 Å². The van der Waals surface area contributed by atoms with Gasteiger partial charge in [-0.1, -0.05) is 55.3 Å². The number of hydrogen-bond donors (Lipinski definition) is 2. The fraction of sp³-hybridized carbons (Fsp3) is 0.458. The third-order valence-electron chi connectivity index (χ3n) is 4.73. The van der Waals surface area contributed by atoms with Gasteiger partial charge in [-0.3, -0.25) is 4.79 Å². The number of rotatable bonds is 15. The van der Waals surface area contributed by atoms with E-state index in [4.69, 9.17) is 9.84 Å². The van der Waals surface area contributed by atoms with Gasteiger partial charge in [-0.15, -0.1) is 0 Å². The smallest absolute Gasteiger partial charge is 0.304 e. The lowest BCUT2D eigenvalue weighted by molar-refractivity contribution is -0.136. The Bertz CT molecular complexity index is 655. The second kappa shape index (κ2) is 13.8. The summed E-state index contributed by atoms with van der Waals surface area (Å²) in [4.78, 5) is 10.4. The first kappa shape index (κ1) is 22.0. The van der Waals surface area contributed by atoms with Crippen LogP contribution in [0.3, 0.4) is 0 Å². The van der Waals surface area contributed by atoms with Crippen LogP contribution in [0.1, 0.15) is 49.7 Å². The molecule has 0 amide bonds. The third-order valence-corrected chi connectivity index (χ3v) is 4.73. The number of hydrogen-bond acceptors (Lipinski definition) is 3. The maximum atomic E-state index is 10.4. The van der Waals surface area contributed by atoms with E-state index in [0.29, 0.717) is 6.54 Å². The Morgan fingerprint density at radius 3 is 2.21 bits per heavy atom. The Kier molecular flexibility index (Phi) is 10.8. The summed E-state index contributed by atoms with van der Waals surface area (Å²) in [5.74, 6) is 0.183. The molecule has 0 unspecified atom stereocenters. The van der Waals surface area contributed by atoms with Crippen molar-refractivity contribution in [2.45, 2.75) is 51.4 Å². The highest BCUT2D eigenvalue weighted by Gasteiger charge is 1.99. The fourth-order valence-electron chi connectivity index (χ4n) is 3.11. The van der Waals surface area contributed by atoms with Gasteiger partial charge in [0.2, 0.25) is 0 Å². The number of ether oxygens (including phenoxy) is 1. The molecule has 0 aromatic heterocycles. The SMILES string of the molecule is O=C(O)CCNCCCc1ccc(OCCCCCCc2ccccc2)cc1. The molecule has 0 atom stereocenters. The molecule has 0 fully saturated rings. The molecule has 0 spiro atoms. The van der Waals surface area contributed by atoms with Gasteiger partial charge in [-0.05, 0) is 61.9 Å². The summed E-state index contributed by atoms with van der Waals surface area (Å²) >= 11 is 0. The Balaban J connectivity index is 1.47. The zero-order chi connectivity index (χ0) is 19.9. The molecule has 4 heteroatoms. The monoisotopic (exact) mass is 383 g/mol. The van der Waals surface area contributed by atoms with Crippen molar-refractivity contribution in [2.75, 3.05) is 19.7 Å². The molecule has 2 N–H and O–H groups in total. The van der Waals surface area contributed by atoms with Gasteiger partial charge in [0.25, 0.3) is 0 Å². The third kappa shape index (κ3) is 10.1. The van der Waals surface area contributed by atoms with E-state index in [1.807, 2.05) is 12.1 Å². The van der Waals surface area contributed by atoms with Crippen molar-refractivity contribution in [1.29, 1.82) is 0 Å². The second-order valence-electron chi connectivity index (χ2n) is 7.14. The van der Waals surface area contributed by atoms with Crippen LogP contribution in [-0.4, -0.2) is 30.8 Å².